The summed E-state index contributed by atoms with van der Waals surface area (Å²) >= 11 is 1.47. The third-order valence-electron chi connectivity index (χ3n) is 5.04. The molecular weight excluding hydrogens is 410 g/mol. The molecule has 1 amide bonds. The summed E-state index contributed by atoms with van der Waals surface area (Å²) < 4.78 is 12.3. The van der Waals surface area contributed by atoms with Crippen molar-refractivity contribution in [2.45, 2.75) is 0 Å². The molecule has 160 valence electrons. The minimum absolute atomic E-state index is 0.0195. The molecule has 0 spiro atoms. The Labute approximate surface area is 185 Å². The van der Waals surface area contributed by atoms with Crippen LogP contribution in [0.25, 0.3) is 27.2 Å². The topological polar surface area (TPSA) is 56.6 Å². The van der Waals surface area contributed by atoms with Gasteiger partial charge in [0.25, 0.3) is 5.91 Å². The number of methoxy groups -OCH3 is 2. The number of thiophene rings is 1. The van der Waals surface area contributed by atoms with Crippen LogP contribution in [0, 0.1) is 0 Å². The van der Waals surface area contributed by atoms with Gasteiger partial charge in [0, 0.05) is 38.3 Å². The van der Waals surface area contributed by atoms with Crippen molar-refractivity contribution in [3.63, 3.8) is 0 Å². The second kappa shape index (κ2) is 9.87. The first kappa shape index (κ1) is 21.2. The average molecular weight is 436 g/mol. The minimum Gasteiger partial charge on any atom is -0.383 e. The van der Waals surface area contributed by atoms with Crippen molar-refractivity contribution >= 4 is 27.5 Å². The molecule has 0 aliphatic rings. The fourth-order valence-electron chi connectivity index (χ4n) is 3.44. The lowest BCUT2D eigenvalue weighted by Crippen LogP contribution is -2.36. The van der Waals surface area contributed by atoms with E-state index in [0.29, 0.717) is 31.2 Å². The predicted octanol–water partition coefficient (Wildman–Crippen LogP) is 4.49. The lowest BCUT2D eigenvalue weighted by atomic mass is 10.1. The van der Waals surface area contributed by atoms with Gasteiger partial charge in [-0.05, 0) is 18.2 Å². The summed E-state index contributed by atoms with van der Waals surface area (Å²) in [6.45, 7) is 1.99. The molecule has 0 bridgehead atoms. The van der Waals surface area contributed by atoms with Crippen LogP contribution in [-0.2, 0) is 9.47 Å². The number of para-hydroxylation sites is 1. The fourth-order valence-corrected chi connectivity index (χ4v) is 4.54. The molecule has 0 N–H and O–H groups in total. The number of rotatable bonds is 9. The number of ether oxygens (including phenoxy) is 2. The lowest BCUT2D eigenvalue weighted by Gasteiger charge is -2.21. The molecule has 31 heavy (non-hydrogen) atoms. The Morgan fingerprint density at radius 3 is 2.19 bits per heavy atom. The fraction of sp³-hybridized carbons (Fsp3) is 0.250. The third-order valence-corrected chi connectivity index (χ3v) is 6.14. The van der Waals surface area contributed by atoms with Gasteiger partial charge in [-0.25, -0.2) is 4.68 Å². The first-order valence-corrected chi connectivity index (χ1v) is 10.9. The molecule has 0 aliphatic heterocycles. The number of carbonyl (C=O) groups is 1. The van der Waals surface area contributed by atoms with Crippen LogP contribution in [0.4, 0.5) is 0 Å². The van der Waals surface area contributed by atoms with E-state index in [2.05, 4.69) is 0 Å². The van der Waals surface area contributed by atoms with Gasteiger partial charge in [-0.2, -0.15) is 5.10 Å². The van der Waals surface area contributed by atoms with E-state index in [4.69, 9.17) is 14.6 Å². The van der Waals surface area contributed by atoms with E-state index in [1.807, 2.05) is 71.4 Å². The van der Waals surface area contributed by atoms with Gasteiger partial charge < -0.3 is 14.4 Å². The molecule has 0 unspecified atom stereocenters. The van der Waals surface area contributed by atoms with Crippen LogP contribution < -0.4 is 0 Å². The highest BCUT2D eigenvalue weighted by molar-refractivity contribution is 7.20. The van der Waals surface area contributed by atoms with Crippen LogP contribution >= 0.6 is 11.3 Å². The van der Waals surface area contributed by atoms with Gasteiger partial charge in [0.2, 0.25) is 0 Å². The second-order valence-corrected chi connectivity index (χ2v) is 8.10. The van der Waals surface area contributed by atoms with Crippen molar-refractivity contribution in [1.29, 1.82) is 0 Å². The number of hydrogen-bond acceptors (Lipinski definition) is 5. The Kier molecular flexibility index (Phi) is 6.76. The van der Waals surface area contributed by atoms with Gasteiger partial charge in [-0.3, -0.25) is 4.79 Å². The molecule has 4 rings (SSSR count). The number of carbonyl (C=O) groups excluding carboxylic acids is 1. The molecule has 0 fully saturated rings. The molecular formula is C24H25N3O3S. The summed E-state index contributed by atoms with van der Waals surface area (Å²) in [6.07, 6.45) is 0. The molecule has 2 aromatic heterocycles. The second-order valence-electron chi connectivity index (χ2n) is 7.07. The van der Waals surface area contributed by atoms with Crippen molar-refractivity contribution in [3.05, 3.63) is 71.6 Å². The molecule has 0 saturated heterocycles. The number of fused-ring (bicyclic) bond motifs is 1. The molecule has 0 aliphatic carbocycles. The summed E-state index contributed by atoms with van der Waals surface area (Å²) in [5, 5.41) is 5.87. The predicted molar refractivity (Wildman–Crippen MR) is 124 cm³/mol. The quantitative estimate of drug-likeness (QED) is 0.389. The monoisotopic (exact) mass is 435 g/mol. The third kappa shape index (κ3) is 4.54. The largest absolute Gasteiger partial charge is 0.383 e. The lowest BCUT2D eigenvalue weighted by molar-refractivity contribution is 0.0632. The minimum atomic E-state index is -0.0195. The molecule has 2 aromatic carbocycles. The van der Waals surface area contributed by atoms with E-state index in [1.54, 1.807) is 19.1 Å². The molecule has 7 heteroatoms. The zero-order valence-electron chi connectivity index (χ0n) is 17.7. The van der Waals surface area contributed by atoms with Crippen molar-refractivity contribution < 1.29 is 14.3 Å². The smallest absolute Gasteiger partial charge is 0.264 e. The zero-order valence-corrected chi connectivity index (χ0v) is 18.5. The van der Waals surface area contributed by atoms with E-state index in [0.717, 1.165) is 27.2 Å². The highest BCUT2D eigenvalue weighted by atomic mass is 32.1. The number of amides is 1. The maximum Gasteiger partial charge on any atom is 0.264 e. The number of benzene rings is 2. The summed E-state index contributed by atoms with van der Waals surface area (Å²) in [5.74, 6) is -0.0195. The Morgan fingerprint density at radius 1 is 0.968 bits per heavy atom. The maximum atomic E-state index is 13.3. The number of hydrogen-bond donors (Lipinski definition) is 0. The molecule has 0 saturated carbocycles. The van der Waals surface area contributed by atoms with Gasteiger partial charge in [0.1, 0.15) is 10.5 Å². The van der Waals surface area contributed by atoms with Crippen LogP contribution in [0.1, 0.15) is 9.67 Å². The Hall–Kier alpha value is -3.00. The first-order valence-electron chi connectivity index (χ1n) is 10.1. The summed E-state index contributed by atoms with van der Waals surface area (Å²) in [6, 6.07) is 22.0. The Balaban J connectivity index is 1.79. The van der Waals surface area contributed by atoms with Gasteiger partial charge >= 0.3 is 0 Å². The molecule has 4 aromatic rings. The van der Waals surface area contributed by atoms with Crippen molar-refractivity contribution in [2.24, 2.45) is 0 Å². The average Bonchev–Trinajstić information content (AvgIpc) is 3.40. The molecule has 0 radical (unpaired) electrons. The standard InChI is InChI=1S/C24H25N3O3S/c1-29-15-13-26(14-16-30-2)23(28)21-17-20-22(18-9-5-3-6-10-18)25-27(24(20)31-21)19-11-7-4-8-12-19/h3-12,17H,13-16H2,1-2H3. The molecule has 6 nitrogen and oxygen atoms in total. The number of nitrogens with zero attached hydrogens (tertiary/aromatic N) is 3. The van der Waals surface area contributed by atoms with Crippen molar-refractivity contribution in [3.8, 4) is 16.9 Å². The molecule has 2 heterocycles. The normalized spacial score (nSPS) is 11.2. The van der Waals surface area contributed by atoms with E-state index in [9.17, 15) is 4.79 Å². The van der Waals surface area contributed by atoms with E-state index in [-0.39, 0.29) is 5.91 Å². The Morgan fingerprint density at radius 2 is 1.58 bits per heavy atom. The van der Waals surface area contributed by atoms with Crippen LogP contribution in [-0.4, -0.2) is 61.1 Å². The number of aromatic nitrogens is 2. The van der Waals surface area contributed by atoms with Crippen LogP contribution in [0.3, 0.4) is 0 Å². The first-order chi connectivity index (χ1) is 15.2. The van der Waals surface area contributed by atoms with Crippen LogP contribution in [0.5, 0.6) is 0 Å². The SMILES string of the molecule is COCCN(CCOC)C(=O)c1cc2c(-c3ccccc3)nn(-c3ccccc3)c2s1. The summed E-state index contributed by atoms with van der Waals surface area (Å²) in [5.41, 5.74) is 2.86. The summed E-state index contributed by atoms with van der Waals surface area (Å²) in [7, 11) is 3.28. The van der Waals surface area contributed by atoms with Crippen LogP contribution in [0.15, 0.2) is 66.7 Å². The zero-order chi connectivity index (χ0) is 21.6. The van der Waals surface area contributed by atoms with E-state index >= 15 is 0 Å². The highest BCUT2D eigenvalue weighted by Gasteiger charge is 2.23. The van der Waals surface area contributed by atoms with Gasteiger partial charge in [0.15, 0.2) is 0 Å². The van der Waals surface area contributed by atoms with Crippen molar-refractivity contribution in [2.75, 3.05) is 40.5 Å². The van der Waals surface area contributed by atoms with Gasteiger partial charge in [-0.1, -0.05) is 48.5 Å². The van der Waals surface area contributed by atoms with Crippen LogP contribution in [0.2, 0.25) is 0 Å². The Bertz CT molecular complexity index is 1060. The van der Waals surface area contributed by atoms with E-state index in [1.165, 1.54) is 11.3 Å². The highest BCUT2D eigenvalue weighted by Crippen LogP contribution is 2.36. The summed E-state index contributed by atoms with van der Waals surface area (Å²) in [4.78, 5) is 16.7. The van der Waals surface area contributed by atoms with Gasteiger partial charge in [0.05, 0.1) is 23.8 Å². The van der Waals surface area contributed by atoms with Crippen molar-refractivity contribution in [1.82, 2.24) is 14.7 Å². The van der Waals surface area contributed by atoms with Gasteiger partial charge in [-0.15, -0.1) is 11.3 Å². The van der Waals surface area contributed by atoms with E-state index < -0.39 is 0 Å². The maximum absolute atomic E-state index is 13.3. The molecule has 0 atom stereocenters.